The maximum absolute atomic E-state index is 10.4. The molecule has 0 spiro atoms. The van der Waals surface area contributed by atoms with Gasteiger partial charge in [0.25, 0.3) is 0 Å². The molecule has 0 saturated heterocycles. The van der Waals surface area contributed by atoms with Crippen molar-refractivity contribution in [1.29, 1.82) is 0 Å². The number of ether oxygens (including phenoxy) is 1. The van der Waals surface area contributed by atoms with E-state index in [4.69, 9.17) is 4.74 Å². The fourth-order valence-electron chi connectivity index (χ4n) is 0.762. The molecule has 5 heteroatoms. The average molecular weight is 188 g/mol. The third-order valence-electron chi connectivity index (χ3n) is 1.58. The number of quaternary nitrogens is 1. The summed E-state index contributed by atoms with van der Waals surface area (Å²) in [5, 5.41) is 2.45. The molecule has 0 aliphatic heterocycles. The summed E-state index contributed by atoms with van der Waals surface area (Å²) < 4.78 is 5.33. The molecule has 0 aromatic carbocycles. The Morgan fingerprint density at radius 1 is 1.54 bits per heavy atom. The van der Waals surface area contributed by atoms with Gasteiger partial charge in [0.15, 0.2) is 0 Å². The van der Waals surface area contributed by atoms with E-state index in [0.29, 0.717) is 24.3 Å². The highest BCUT2D eigenvalue weighted by Gasteiger charge is 2.12. The van der Waals surface area contributed by atoms with Crippen LogP contribution in [0, 0.1) is 0 Å². The summed E-state index contributed by atoms with van der Waals surface area (Å²) in [6, 6.07) is 0. The van der Waals surface area contributed by atoms with E-state index in [-0.39, 0.29) is 5.97 Å². The van der Waals surface area contributed by atoms with Crippen molar-refractivity contribution >= 4 is 12.4 Å². The minimum absolute atomic E-state index is 0.282. The van der Waals surface area contributed by atoms with Gasteiger partial charge in [0.2, 0.25) is 0 Å². The average Bonchev–Trinajstić information content (AvgIpc) is 2.00. The summed E-state index contributed by atoms with van der Waals surface area (Å²) in [5.41, 5.74) is 0. The van der Waals surface area contributed by atoms with Gasteiger partial charge < -0.3 is 19.3 Å². The van der Waals surface area contributed by atoms with Gasteiger partial charge in [0.05, 0.1) is 14.1 Å². The van der Waals surface area contributed by atoms with Crippen LogP contribution in [0.3, 0.4) is 0 Å². The van der Waals surface area contributed by atoms with Crippen molar-refractivity contribution in [3.05, 3.63) is 0 Å². The molecule has 0 saturated carbocycles. The standard InChI is InChI=1S/C8H16N2O3/c1-8(12)13-5-4-10(2,3)6-9-7-11/h4-6H2,1-3H3,(H,9,11). The van der Waals surface area contributed by atoms with Crippen molar-refractivity contribution in [1.82, 2.24) is 5.32 Å². The van der Waals surface area contributed by atoms with Crippen molar-refractivity contribution in [2.45, 2.75) is 6.92 Å². The summed E-state index contributed by atoms with van der Waals surface area (Å²) >= 11 is 0. The number of nitrogens with zero attached hydrogens (tertiary/aromatic N) is 1. The number of hydrogen-bond acceptors (Lipinski definition) is 3. The first kappa shape index (κ1) is 11.9. The van der Waals surface area contributed by atoms with Crippen molar-refractivity contribution in [3.63, 3.8) is 0 Å². The Kier molecular flexibility index (Phi) is 5.06. The number of amides is 1. The minimum Gasteiger partial charge on any atom is -0.520 e. The fourth-order valence-corrected chi connectivity index (χ4v) is 0.762. The Labute approximate surface area is 78.3 Å². The van der Waals surface area contributed by atoms with Crippen molar-refractivity contribution in [3.8, 4) is 0 Å². The molecule has 13 heavy (non-hydrogen) atoms. The highest BCUT2D eigenvalue weighted by Crippen LogP contribution is 1.93. The number of nitrogens with one attached hydrogen (secondary N) is 1. The molecule has 0 aliphatic rings. The van der Waals surface area contributed by atoms with E-state index in [1.54, 1.807) is 6.41 Å². The molecule has 0 radical (unpaired) electrons. The van der Waals surface area contributed by atoms with Crippen LogP contribution in [0.2, 0.25) is 0 Å². The van der Waals surface area contributed by atoms with Gasteiger partial charge >= 0.3 is 5.97 Å². The van der Waals surface area contributed by atoms with Crippen molar-refractivity contribution < 1.29 is 18.8 Å². The molecule has 76 valence electrons. The molecule has 0 rings (SSSR count). The topological polar surface area (TPSA) is 55.4 Å². The van der Waals surface area contributed by atoms with Gasteiger partial charge in [-0.25, -0.2) is 0 Å². The number of likely N-dealkylation sites (N-methyl/N-ethyl adjacent to an activating group) is 1. The Morgan fingerprint density at radius 3 is 2.62 bits per heavy atom. The van der Waals surface area contributed by atoms with Crippen LogP contribution in [-0.4, -0.2) is 50.8 Å². The summed E-state index contributed by atoms with van der Waals surface area (Å²) in [6.45, 7) is 2.87. The molecule has 0 unspecified atom stereocenters. The lowest BCUT2D eigenvalue weighted by atomic mass is 10.5. The molecule has 1 amide bonds. The molecular formula is C8H16N2O3. The lowest BCUT2D eigenvalue weighted by Crippen LogP contribution is -2.48. The van der Waals surface area contributed by atoms with Gasteiger partial charge in [-0.15, -0.1) is 0 Å². The second-order valence-electron chi connectivity index (χ2n) is 3.44. The van der Waals surface area contributed by atoms with E-state index in [0.717, 1.165) is 0 Å². The van der Waals surface area contributed by atoms with Crippen LogP contribution in [-0.2, 0) is 14.3 Å². The zero-order valence-corrected chi connectivity index (χ0v) is 8.29. The van der Waals surface area contributed by atoms with Gasteiger partial charge in [-0.05, 0) is 0 Å². The number of esters is 1. The molecule has 0 heterocycles. The lowest BCUT2D eigenvalue weighted by molar-refractivity contribution is -0.892. The predicted octanol–water partition coefficient (Wildman–Crippen LogP) is -0.760. The Balaban J connectivity index is 3.61. The summed E-state index contributed by atoms with van der Waals surface area (Å²) in [4.78, 5) is 20.3. The van der Waals surface area contributed by atoms with Gasteiger partial charge in [0, 0.05) is 6.92 Å². The third kappa shape index (κ3) is 7.27. The van der Waals surface area contributed by atoms with Gasteiger partial charge in [-0.3, -0.25) is 4.79 Å². The van der Waals surface area contributed by atoms with Crippen LogP contribution in [0.5, 0.6) is 0 Å². The maximum Gasteiger partial charge on any atom is 0.302 e. The molecule has 1 N–H and O–H groups in total. The molecule has 0 aromatic rings. The first-order valence-corrected chi connectivity index (χ1v) is 4.03. The van der Waals surface area contributed by atoms with Crippen LogP contribution in [0.25, 0.3) is 0 Å². The van der Waals surface area contributed by atoms with E-state index in [9.17, 15) is 9.59 Å². The van der Waals surface area contributed by atoms with E-state index in [1.807, 2.05) is 14.1 Å². The molecule has 0 aliphatic carbocycles. The highest BCUT2D eigenvalue weighted by atomic mass is 16.5. The maximum atomic E-state index is 10.4. The molecule has 5 nitrogen and oxygen atoms in total. The normalized spacial score (nSPS) is 10.7. The second-order valence-corrected chi connectivity index (χ2v) is 3.44. The van der Waals surface area contributed by atoms with Gasteiger partial charge in [-0.2, -0.15) is 6.41 Å². The molecular weight excluding hydrogens is 172 g/mol. The zero-order chi connectivity index (χ0) is 10.3. The van der Waals surface area contributed by atoms with Crippen molar-refractivity contribution in [2.75, 3.05) is 33.9 Å². The zero-order valence-electron chi connectivity index (χ0n) is 8.29. The monoisotopic (exact) mass is 188 g/mol. The number of rotatable bonds is 6. The van der Waals surface area contributed by atoms with Crippen LogP contribution < -0.4 is 5.32 Å². The smallest absolute Gasteiger partial charge is 0.302 e. The Morgan fingerprint density at radius 2 is 2.15 bits per heavy atom. The van der Waals surface area contributed by atoms with Gasteiger partial charge in [-0.1, -0.05) is 0 Å². The summed E-state index contributed by atoms with van der Waals surface area (Å²) in [6.07, 6.45) is 1.60. The van der Waals surface area contributed by atoms with Crippen molar-refractivity contribution in [2.24, 2.45) is 0 Å². The number of carbonyl (C=O) groups is 1. The predicted molar refractivity (Wildman–Crippen MR) is 47.3 cm³/mol. The molecule has 0 aromatic heterocycles. The van der Waals surface area contributed by atoms with Crippen LogP contribution in [0.1, 0.15) is 6.92 Å². The third-order valence-corrected chi connectivity index (χ3v) is 1.58. The summed E-state index contributed by atoms with van der Waals surface area (Å²) in [5.74, 6) is -0.282. The second kappa shape index (κ2) is 5.53. The number of carbonyl (C=O) groups excluding carboxylic acids is 2. The minimum atomic E-state index is -0.282. The van der Waals surface area contributed by atoms with Crippen LogP contribution in [0.15, 0.2) is 0 Å². The van der Waals surface area contributed by atoms with Gasteiger partial charge in [0.1, 0.15) is 19.8 Å². The summed E-state index contributed by atoms with van der Waals surface area (Å²) in [7, 11) is 3.85. The first-order chi connectivity index (χ1) is 5.98. The van der Waals surface area contributed by atoms with E-state index in [1.165, 1.54) is 6.92 Å². The Bertz CT molecular complexity index is 180. The lowest BCUT2D eigenvalue weighted by Gasteiger charge is -2.30. The SMILES string of the molecule is CC(=O)OCC[N+](C)(C)CN[C-]=O. The van der Waals surface area contributed by atoms with E-state index >= 15 is 0 Å². The Hall–Kier alpha value is -1.10. The van der Waals surface area contributed by atoms with E-state index in [2.05, 4.69) is 5.32 Å². The first-order valence-electron chi connectivity index (χ1n) is 4.03. The van der Waals surface area contributed by atoms with Crippen LogP contribution in [0.4, 0.5) is 0 Å². The molecule has 0 atom stereocenters. The fraction of sp³-hybridized carbons (Fsp3) is 0.750. The molecule has 0 bridgehead atoms. The quantitative estimate of drug-likeness (QED) is 0.196. The highest BCUT2D eigenvalue weighted by molar-refractivity contribution is 5.65. The van der Waals surface area contributed by atoms with E-state index < -0.39 is 0 Å². The number of hydrogen-bond donors (Lipinski definition) is 1. The largest absolute Gasteiger partial charge is 0.520 e. The molecule has 0 fully saturated rings. The van der Waals surface area contributed by atoms with Crippen LogP contribution >= 0.6 is 0 Å².